The van der Waals surface area contributed by atoms with E-state index in [1.165, 1.54) is 0 Å². The Balaban J connectivity index is 2.20. The fourth-order valence-electron chi connectivity index (χ4n) is 2.96. The van der Waals surface area contributed by atoms with Crippen LogP contribution < -0.4 is 4.74 Å². The average molecular weight is 440 g/mol. The van der Waals surface area contributed by atoms with E-state index >= 15 is 0 Å². The van der Waals surface area contributed by atoms with E-state index in [0.717, 1.165) is 10.5 Å². The maximum atomic E-state index is 11.7. The van der Waals surface area contributed by atoms with Crippen molar-refractivity contribution in [3.8, 4) is 11.5 Å². The molecule has 29 heavy (non-hydrogen) atoms. The predicted octanol–water partition coefficient (Wildman–Crippen LogP) is 5.81. The minimum absolute atomic E-state index is 0.0235. The Kier molecular flexibility index (Phi) is 8.17. The highest BCUT2D eigenvalue weighted by atomic mass is 35.5. The van der Waals surface area contributed by atoms with Crippen molar-refractivity contribution < 1.29 is 24.5 Å². The first kappa shape index (κ1) is 22.8. The number of benzene rings is 2. The minimum Gasteiger partial charge on any atom is -0.480 e. The largest absolute Gasteiger partial charge is 0.480 e. The predicted molar refractivity (Wildman–Crippen MR) is 112 cm³/mol. The molecule has 2 aromatic rings. The van der Waals surface area contributed by atoms with Gasteiger partial charge in [0.15, 0.2) is 0 Å². The first-order valence-electron chi connectivity index (χ1n) is 9.11. The molecule has 2 aromatic carbocycles. The van der Waals surface area contributed by atoms with Crippen LogP contribution in [0.2, 0.25) is 10.0 Å². The molecule has 0 spiro atoms. The lowest BCUT2D eigenvalue weighted by molar-refractivity contribution is -0.143. The summed E-state index contributed by atoms with van der Waals surface area (Å²) >= 11 is 12.0. The van der Waals surface area contributed by atoms with Gasteiger partial charge in [-0.05, 0) is 48.6 Å². The number of amides is 1. The Morgan fingerprint density at radius 1 is 1.07 bits per heavy atom. The van der Waals surface area contributed by atoms with Gasteiger partial charge in [0.05, 0.1) is 0 Å². The van der Waals surface area contributed by atoms with Crippen LogP contribution in [0.4, 0.5) is 4.79 Å². The molecule has 0 aromatic heterocycles. The minimum atomic E-state index is -1.27. The summed E-state index contributed by atoms with van der Waals surface area (Å²) in [6, 6.07) is 10.9. The van der Waals surface area contributed by atoms with Gasteiger partial charge in [-0.3, -0.25) is 4.90 Å². The molecule has 0 radical (unpaired) electrons. The normalized spacial score (nSPS) is 11.9. The van der Waals surface area contributed by atoms with Crippen molar-refractivity contribution in [2.45, 2.75) is 32.7 Å². The van der Waals surface area contributed by atoms with Crippen LogP contribution in [-0.2, 0) is 11.2 Å². The summed E-state index contributed by atoms with van der Waals surface area (Å²) in [5.74, 6) is -0.138. The topological polar surface area (TPSA) is 87.1 Å². The summed E-state index contributed by atoms with van der Waals surface area (Å²) in [6.45, 7) is 3.74. The average Bonchev–Trinajstić information content (AvgIpc) is 2.60. The third kappa shape index (κ3) is 6.84. The van der Waals surface area contributed by atoms with Crippen LogP contribution in [0.5, 0.6) is 11.5 Å². The summed E-state index contributed by atoms with van der Waals surface area (Å²) < 4.78 is 5.89. The van der Waals surface area contributed by atoms with Gasteiger partial charge < -0.3 is 14.9 Å². The summed E-state index contributed by atoms with van der Waals surface area (Å²) in [5.41, 5.74) is 0.739. The van der Waals surface area contributed by atoms with Crippen LogP contribution in [0.3, 0.4) is 0 Å². The molecule has 1 amide bonds. The smallest absolute Gasteiger partial charge is 0.408 e. The van der Waals surface area contributed by atoms with Crippen molar-refractivity contribution in [3.63, 3.8) is 0 Å². The number of nitrogens with zero attached hydrogens (tertiary/aromatic N) is 1. The molecule has 0 bridgehead atoms. The Labute approximate surface area is 179 Å². The number of carbonyl (C=O) groups is 2. The zero-order valence-corrected chi connectivity index (χ0v) is 17.7. The van der Waals surface area contributed by atoms with E-state index in [4.69, 9.17) is 27.9 Å². The molecule has 1 atom stereocenters. The molecule has 156 valence electrons. The number of carboxylic acid groups (broad SMARTS) is 2. The van der Waals surface area contributed by atoms with E-state index < -0.39 is 18.1 Å². The summed E-state index contributed by atoms with van der Waals surface area (Å²) in [5, 5.41) is 19.9. The maximum Gasteiger partial charge on any atom is 0.408 e. The lowest BCUT2D eigenvalue weighted by Crippen LogP contribution is -2.46. The van der Waals surface area contributed by atoms with Crippen LogP contribution in [0.25, 0.3) is 0 Å². The van der Waals surface area contributed by atoms with E-state index in [1.54, 1.807) is 42.5 Å². The van der Waals surface area contributed by atoms with E-state index in [-0.39, 0.29) is 18.9 Å². The fourth-order valence-corrected chi connectivity index (χ4v) is 3.46. The number of ether oxygens (including phenoxy) is 1. The van der Waals surface area contributed by atoms with E-state index in [0.29, 0.717) is 28.0 Å². The van der Waals surface area contributed by atoms with E-state index in [2.05, 4.69) is 0 Å². The van der Waals surface area contributed by atoms with Gasteiger partial charge in [-0.2, -0.15) is 0 Å². The van der Waals surface area contributed by atoms with Crippen molar-refractivity contribution in [3.05, 3.63) is 58.1 Å². The number of para-hydroxylation sites is 1. The number of carboxylic acids is 1. The van der Waals surface area contributed by atoms with Crippen molar-refractivity contribution in [1.29, 1.82) is 0 Å². The molecule has 0 saturated carbocycles. The molecule has 0 aliphatic rings. The van der Waals surface area contributed by atoms with E-state index in [9.17, 15) is 19.8 Å². The molecular formula is C21H23Cl2NO5. The second kappa shape index (κ2) is 10.4. The van der Waals surface area contributed by atoms with Crippen molar-refractivity contribution in [2.75, 3.05) is 6.54 Å². The third-order valence-corrected chi connectivity index (χ3v) is 4.70. The Morgan fingerprint density at radius 2 is 1.69 bits per heavy atom. The molecule has 0 fully saturated rings. The monoisotopic (exact) mass is 439 g/mol. The second-order valence-corrected chi connectivity index (χ2v) is 7.90. The van der Waals surface area contributed by atoms with Crippen molar-refractivity contribution in [1.82, 2.24) is 4.90 Å². The van der Waals surface area contributed by atoms with Crippen molar-refractivity contribution in [2.24, 2.45) is 5.92 Å². The zero-order chi connectivity index (χ0) is 21.6. The summed E-state index contributed by atoms with van der Waals surface area (Å²) in [6.07, 6.45) is -0.738. The molecule has 0 heterocycles. The van der Waals surface area contributed by atoms with Gasteiger partial charge in [0, 0.05) is 16.6 Å². The van der Waals surface area contributed by atoms with Gasteiger partial charge in [0.25, 0.3) is 0 Å². The van der Waals surface area contributed by atoms with Crippen molar-refractivity contribution >= 4 is 35.3 Å². The molecule has 2 N–H and O–H groups in total. The SMILES string of the molecule is CC(C)CC(C(=O)O)N(CCc1ccccc1Oc1cc(Cl)cc(Cl)c1)C(=O)O. The van der Waals surface area contributed by atoms with Gasteiger partial charge in [-0.15, -0.1) is 0 Å². The molecule has 6 nitrogen and oxygen atoms in total. The molecular weight excluding hydrogens is 417 g/mol. The third-order valence-electron chi connectivity index (χ3n) is 4.26. The van der Waals surface area contributed by atoms with Gasteiger partial charge in [-0.1, -0.05) is 55.2 Å². The molecule has 1 unspecified atom stereocenters. The van der Waals surface area contributed by atoms with Crippen LogP contribution >= 0.6 is 23.2 Å². The summed E-state index contributed by atoms with van der Waals surface area (Å²) in [7, 11) is 0. The van der Waals surface area contributed by atoms with Gasteiger partial charge >= 0.3 is 12.1 Å². The fraction of sp³-hybridized carbons (Fsp3) is 0.333. The van der Waals surface area contributed by atoms with E-state index in [1.807, 2.05) is 13.8 Å². The van der Waals surface area contributed by atoms with Crippen LogP contribution in [0.1, 0.15) is 25.8 Å². The number of halogens is 2. The van der Waals surface area contributed by atoms with Gasteiger partial charge in [0.2, 0.25) is 0 Å². The van der Waals surface area contributed by atoms with Gasteiger partial charge in [0.1, 0.15) is 17.5 Å². The Morgan fingerprint density at radius 3 is 2.24 bits per heavy atom. The Hall–Kier alpha value is -2.44. The maximum absolute atomic E-state index is 11.7. The highest BCUT2D eigenvalue weighted by molar-refractivity contribution is 6.34. The quantitative estimate of drug-likeness (QED) is 0.514. The number of hydrogen-bond acceptors (Lipinski definition) is 3. The highest BCUT2D eigenvalue weighted by Crippen LogP contribution is 2.30. The first-order valence-corrected chi connectivity index (χ1v) is 9.87. The summed E-state index contributed by atoms with van der Waals surface area (Å²) in [4.78, 5) is 24.3. The zero-order valence-electron chi connectivity index (χ0n) is 16.1. The number of aliphatic carboxylic acids is 1. The molecule has 8 heteroatoms. The lowest BCUT2D eigenvalue weighted by atomic mass is 10.0. The second-order valence-electron chi connectivity index (χ2n) is 7.02. The first-order chi connectivity index (χ1) is 13.7. The standard InChI is InChI=1S/C21H23Cl2NO5/c1-13(2)9-18(20(25)26)24(21(27)28)8-7-14-5-3-4-6-19(14)29-17-11-15(22)10-16(23)12-17/h3-6,10-13,18H,7-9H2,1-2H3,(H,25,26)(H,27,28). The molecule has 2 rings (SSSR count). The highest BCUT2D eigenvalue weighted by Gasteiger charge is 2.30. The van der Waals surface area contributed by atoms with Crippen LogP contribution in [0.15, 0.2) is 42.5 Å². The van der Waals surface area contributed by atoms with Crippen LogP contribution in [-0.4, -0.2) is 39.8 Å². The molecule has 0 saturated heterocycles. The van der Waals surface area contributed by atoms with Gasteiger partial charge in [-0.25, -0.2) is 9.59 Å². The lowest BCUT2D eigenvalue weighted by Gasteiger charge is -2.27. The molecule has 0 aliphatic heterocycles. The van der Waals surface area contributed by atoms with Crippen LogP contribution in [0, 0.1) is 5.92 Å². The number of rotatable bonds is 9. The number of hydrogen-bond donors (Lipinski definition) is 2. The molecule has 0 aliphatic carbocycles. The Bertz CT molecular complexity index is 852.